The van der Waals surface area contributed by atoms with Gasteiger partial charge >= 0.3 is 0 Å². The minimum atomic E-state index is -0.542. The Morgan fingerprint density at radius 3 is 2.63 bits per heavy atom. The maximum absolute atomic E-state index is 13.2. The molecule has 1 aliphatic heterocycles. The molecule has 5 nitrogen and oxygen atoms in total. The van der Waals surface area contributed by atoms with Gasteiger partial charge in [0.15, 0.2) is 0 Å². The molecule has 0 saturated carbocycles. The van der Waals surface area contributed by atoms with Crippen molar-refractivity contribution in [2.45, 2.75) is 0 Å². The van der Waals surface area contributed by atoms with Crippen LogP contribution in [0.3, 0.4) is 0 Å². The molecule has 0 spiro atoms. The van der Waals surface area contributed by atoms with Gasteiger partial charge in [0.25, 0.3) is 11.8 Å². The molecule has 0 aromatic heterocycles. The van der Waals surface area contributed by atoms with Crippen LogP contribution in [0.25, 0.3) is 0 Å². The molecule has 1 aliphatic rings. The molecule has 1 fully saturated rings. The second kappa shape index (κ2) is 5.61. The third kappa shape index (κ3) is 2.78. The molecule has 1 aromatic rings. The number of aliphatic hydroxyl groups is 1. The second-order valence-corrected chi connectivity index (χ2v) is 3.74. The summed E-state index contributed by atoms with van der Waals surface area (Å²) >= 11 is 0. The lowest BCUT2D eigenvalue weighted by atomic mass is 10.1. The number of anilines is 1. The summed E-state index contributed by atoms with van der Waals surface area (Å²) < 4.78 is 18.0. The van der Waals surface area contributed by atoms with E-state index in [-0.39, 0.29) is 24.5 Å². The number of hydrogen-bond donors (Lipinski definition) is 1. The van der Waals surface area contributed by atoms with Gasteiger partial charge in [0.2, 0.25) is 0 Å². The lowest BCUT2D eigenvalue weighted by molar-refractivity contribution is -0.138. The number of nitrogens with zero attached hydrogens (tertiary/aromatic N) is 1. The van der Waals surface area contributed by atoms with Gasteiger partial charge in [-0.25, -0.2) is 9.29 Å². The molecule has 1 heterocycles. The topological polar surface area (TPSA) is 66.8 Å². The van der Waals surface area contributed by atoms with Gasteiger partial charge in [-0.05, 0) is 18.2 Å². The van der Waals surface area contributed by atoms with E-state index in [1.165, 1.54) is 6.07 Å². The van der Waals surface area contributed by atoms with E-state index >= 15 is 0 Å². The zero-order valence-electron chi connectivity index (χ0n) is 9.85. The minimum Gasteiger partial charge on any atom is -0.384 e. The molecule has 1 saturated heterocycles. The van der Waals surface area contributed by atoms with Gasteiger partial charge in [0.05, 0.1) is 11.3 Å². The van der Waals surface area contributed by atoms with Gasteiger partial charge in [-0.1, -0.05) is 11.8 Å². The maximum Gasteiger partial charge on any atom is 0.259 e. The fourth-order valence-electron chi connectivity index (χ4n) is 1.70. The molecule has 6 heteroatoms. The summed E-state index contributed by atoms with van der Waals surface area (Å²) in [6, 6.07) is 3.54. The molecule has 0 unspecified atom stereocenters. The van der Waals surface area contributed by atoms with Crippen molar-refractivity contribution in [3.05, 3.63) is 29.6 Å². The number of ether oxygens (including phenoxy) is 1. The molecule has 98 valence electrons. The first-order chi connectivity index (χ1) is 9.13. The normalized spacial score (nSPS) is 15.2. The second-order valence-electron chi connectivity index (χ2n) is 3.74. The van der Waals surface area contributed by atoms with Gasteiger partial charge in [0, 0.05) is 0 Å². The summed E-state index contributed by atoms with van der Waals surface area (Å²) in [6.07, 6.45) is 0. The monoisotopic (exact) mass is 263 g/mol. The first-order valence-corrected chi connectivity index (χ1v) is 5.46. The third-order valence-electron chi connectivity index (χ3n) is 2.45. The van der Waals surface area contributed by atoms with Crippen molar-refractivity contribution >= 4 is 17.5 Å². The van der Waals surface area contributed by atoms with E-state index in [1.54, 1.807) is 0 Å². The minimum absolute atomic E-state index is 0.164. The predicted molar refractivity (Wildman–Crippen MR) is 63.7 cm³/mol. The van der Waals surface area contributed by atoms with Crippen LogP contribution >= 0.6 is 0 Å². The lowest BCUT2D eigenvalue weighted by Crippen LogP contribution is -2.46. The van der Waals surface area contributed by atoms with Gasteiger partial charge < -0.3 is 9.84 Å². The van der Waals surface area contributed by atoms with Crippen LogP contribution in [-0.2, 0) is 14.3 Å². The van der Waals surface area contributed by atoms with E-state index in [9.17, 15) is 14.0 Å². The van der Waals surface area contributed by atoms with Crippen LogP contribution in [0.4, 0.5) is 10.1 Å². The van der Waals surface area contributed by atoms with Gasteiger partial charge in [-0.3, -0.25) is 9.59 Å². The Morgan fingerprint density at radius 1 is 1.32 bits per heavy atom. The highest BCUT2D eigenvalue weighted by molar-refractivity contribution is 6.17. The highest BCUT2D eigenvalue weighted by atomic mass is 19.1. The van der Waals surface area contributed by atoms with E-state index in [0.717, 1.165) is 17.0 Å². The smallest absolute Gasteiger partial charge is 0.259 e. The Morgan fingerprint density at radius 2 is 2.00 bits per heavy atom. The number of hydrogen-bond acceptors (Lipinski definition) is 4. The molecular formula is C13H10FNO4. The Labute approximate surface area is 108 Å². The molecule has 0 aliphatic carbocycles. The Hall–Kier alpha value is -2.23. The average Bonchev–Trinajstić information content (AvgIpc) is 2.38. The van der Waals surface area contributed by atoms with Crippen LogP contribution in [-0.4, -0.2) is 36.7 Å². The van der Waals surface area contributed by atoms with Crippen molar-refractivity contribution in [2.75, 3.05) is 24.7 Å². The molecule has 0 bridgehead atoms. The summed E-state index contributed by atoms with van der Waals surface area (Å²) in [5.41, 5.74) is 0.360. The van der Waals surface area contributed by atoms with Crippen molar-refractivity contribution in [1.82, 2.24) is 0 Å². The number of rotatable bonds is 1. The maximum atomic E-state index is 13.2. The number of morpholine rings is 1. The number of carbonyl (C=O) groups excluding carboxylic acids is 2. The number of amides is 2. The van der Waals surface area contributed by atoms with Crippen molar-refractivity contribution in [2.24, 2.45) is 0 Å². The van der Waals surface area contributed by atoms with E-state index in [0.29, 0.717) is 0 Å². The largest absolute Gasteiger partial charge is 0.384 e. The third-order valence-corrected chi connectivity index (χ3v) is 2.45. The summed E-state index contributed by atoms with van der Waals surface area (Å²) in [7, 11) is 0. The first-order valence-electron chi connectivity index (χ1n) is 5.46. The number of imide groups is 1. The summed E-state index contributed by atoms with van der Waals surface area (Å²) in [4.78, 5) is 24.3. The summed E-state index contributed by atoms with van der Waals surface area (Å²) in [5.74, 6) is 3.27. The molecule has 0 radical (unpaired) electrons. The van der Waals surface area contributed by atoms with Gasteiger partial charge in [0.1, 0.15) is 25.6 Å². The molecule has 2 amide bonds. The number of aliphatic hydroxyl groups excluding tert-OH is 1. The van der Waals surface area contributed by atoms with Crippen LogP contribution in [0.5, 0.6) is 0 Å². The number of benzene rings is 1. The zero-order chi connectivity index (χ0) is 13.8. The fourth-order valence-corrected chi connectivity index (χ4v) is 1.70. The Balaban J connectivity index is 2.48. The Kier molecular flexibility index (Phi) is 3.90. The van der Waals surface area contributed by atoms with E-state index < -0.39 is 24.2 Å². The summed E-state index contributed by atoms with van der Waals surface area (Å²) in [5, 5.41) is 8.67. The molecule has 1 N–H and O–H groups in total. The number of halogens is 1. The fraction of sp³-hybridized carbons (Fsp3) is 0.231. The van der Waals surface area contributed by atoms with Crippen molar-refractivity contribution in [3.8, 4) is 11.8 Å². The van der Waals surface area contributed by atoms with E-state index in [2.05, 4.69) is 11.8 Å². The lowest BCUT2D eigenvalue weighted by Gasteiger charge is -2.25. The highest BCUT2D eigenvalue weighted by Gasteiger charge is 2.29. The first kappa shape index (κ1) is 13.2. The van der Waals surface area contributed by atoms with E-state index in [1.807, 2.05) is 0 Å². The van der Waals surface area contributed by atoms with Crippen LogP contribution in [0.15, 0.2) is 18.2 Å². The van der Waals surface area contributed by atoms with Crippen LogP contribution in [0, 0.1) is 17.7 Å². The van der Waals surface area contributed by atoms with E-state index in [4.69, 9.17) is 9.84 Å². The SMILES string of the molecule is O=C1COCC(=O)N1c1ccc(F)cc1C#CCO. The molecule has 2 rings (SSSR count). The predicted octanol–water partition coefficient (Wildman–Crippen LogP) is 0.0593. The van der Waals surface area contributed by atoms with Crippen LogP contribution in [0.2, 0.25) is 0 Å². The summed E-state index contributed by atoms with van der Waals surface area (Å²) in [6.45, 7) is -0.826. The molecule has 19 heavy (non-hydrogen) atoms. The molecule has 1 aromatic carbocycles. The van der Waals surface area contributed by atoms with Gasteiger partial charge in [-0.15, -0.1) is 0 Å². The Bertz CT molecular complexity index is 572. The van der Waals surface area contributed by atoms with Crippen molar-refractivity contribution < 1.29 is 23.8 Å². The van der Waals surface area contributed by atoms with Gasteiger partial charge in [-0.2, -0.15) is 0 Å². The standard InChI is InChI=1S/C13H10FNO4/c14-10-3-4-11(9(6-10)2-1-5-16)15-12(17)7-19-8-13(15)18/h3-4,6,16H,5,7-8H2. The van der Waals surface area contributed by atoms with Crippen molar-refractivity contribution in [3.63, 3.8) is 0 Å². The number of carbonyl (C=O) groups is 2. The van der Waals surface area contributed by atoms with Crippen molar-refractivity contribution in [1.29, 1.82) is 0 Å². The van der Waals surface area contributed by atoms with Crippen LogP contribution in [0.1, 0.15) is 5.56 Å². The highest BCUT2D eigenvalue weighted by Crippen LogP contribution is 2.23. The zero-order valence-corrected chi connectivity index (χ0v) is 9.85. The molecule has 0 atom stereocenters. The van der Waals surface area contributed by atoms with Crippen LogP contribution < -0.4 is 4.90 Å². The quantitative estimate of drug-likeness (QED) is 0.574. The average molecular weight is 263 g/mol. The molecular weight excluding hydrogens is 253 g/mol.